The van der Waals surface area contributed by atoms with E-state index in [1.807, 2.05) is 0 Å². The fourth-order valence-corrected chi connectivity index (χ4v) is 1.90. The minimum absolute atomic E-state index is 1.07. The van der Waals surface area contributed by atoms with Crippen molar-refractivity contribution in [2.24, 2.45) is 0 Å². The first-order valence-electron chi connectivity index (χ1n) is 6.12. The lowest BCUT2D eigenvalue weighted by molar-refractivity contribution is 1.14. The molecule has 2 aromatic carbocycles. The highest BCUT2D eigenvalue weighted by molar-refractivity contribution is 5.64. The number of rotatable bonds is 3. The molecule has 0 bridgehead atoms. The molecule has 0 aliphatic carbocycles. The number of anilines is 2. The standard InChI is InChI=1S/C16H19N/c1-4-14-6-5-7-15(11-14)17-16-10-12(2)8-9-13(16)3/h5-11,17H,4H2,1-3H3. The summed E-state index contributed by atoms with van der Waals surface area (Å²) in [6, 6.07) is 15.1. The minimum atomic E-state index is 1.07. The van der Waals surface area contributed by atoms with Crippen LogP contribution in [0.15, 0.2) is 42.5 Å². The minimum Gasteiger partial charge on any atom is -0.355 e. The Kier molecular flexibility index (Phi) is 3.48. The predicted molar refractivity (Wildman–Crippen MR) is 75.0 cm³/mol. The van der Waals surface area contributed by atoms with Crippen molar-refractivity contribution in [3.63, 3.8) is 0 Å². The Bertz CT molecular complexity index is 515. The Hall–Kier alpha value is -1.76. The van der Waals surface area contributed by atoms with Crippen molar-refractivity contribution in [2.75, 3.05) is 5.32 Å². The quantitative estimate of drug-likeness (QED) is 0.804. The summed E-state index contributed by atoms with van der Waals surface area (Å²) in [4.78, 5) is 0. The van der Waals surface area contributed by atoms with Gasteiger partial charge in [0.05, 0.1) is 0 Å². The summed E-state index contributed by atoms with van der Waals surface area (Å²) in [7, 11) is 0. The number of hydrogen-bond donors (Lipinski definition) is 1. The second-order valence-electron chi connectivity index (χ2n) is 4.50. The van der Waals surface area contributed by atoms with Crippen LogP contribution in [0.25, 0.3) is 0 Å². The number of nitrogens with one attached hydrogen (secondary N) is 1. The first-order valence-corrected chi connectivity index (χ1v) is 6.12. The van der Waals surface area contributed by atoms with Crippen LogP contribution in [0.4, 0.5) is 11.4 Å². The van der Waals surface area contributed by atoms with Gasteiger partial charge in [0, 0.05) is 11.4 Å². The van der Waals surface area contributed by atoms with E-state index in [0.29, 0.717) is 0 Å². The Balaban J connectivity index is 2.27. The normalized spacial score (nSPS) is 10.3. The Morgan fingerprint density at radius 3 is 2.59 bits per heavy atom. The Labute approximate surface area is 103 Å². The van der Waals surface area contributed by atoms with Gasteiger partial charge in [0.2, 0.25) is 0 Å². The fourth-order valence-electron chi connectivity index (χ4n) is 1.90. The molecule has 17 heavy (non-hydrogen) atoms. The molecule has 2 rings (SSSR count). The van der Waals surface area contributed by atoms with Gasteiger partial charge in [-0.15, -0.1) is 0 Å². The smallest absolute Gasteiger partial charge is 0.0416 e. The zero-order valence-corrected chi connectivity index (χ0v) is 10.7. The summed E-state index contributed by atoms with van der Waals surface area (Å²) in [6.45, 7) is 6.43. The van der Waals surface area contributed by atoms with Gasteiger partial charge in [0.25, 0.3) is 0 Å². The van der Waals surface area contributed by atoms with E-state index in [-0.39, 0.29) is 0 Å². The monoisotopic (exact) mass is 225 g/mol. The zero-order valence-electron chi connectivity index (χ0n) is 10.7. The van der Waals surface area contributed by atoms with Crippen LogP contribution in [-0.2, 0) is 6.42 Å². The Morgan fingerprint density at radius 2 is 1.82 bits per heavy atom. The van der Waals surface area contributed by atoms with E-state index < -0.39 is 0 Å². The second kappa shape index (κ2) is 5.05. The molecule has 0 unspecified atom stereocenters. The van der Waals surface area contributed by atoms with E-state index in [1.54, 1.807) is 0 Å². The van der Waals surface area contributed by atoms with Gasteiger partial charge >= 0.3 is 0 Å². The maximum absolute atomic E-state index is 3.49. The van der Waals surface area contributed by atoms with Crippen LogP contribution in [-0.4, -0.2) is 0 Å². The average Bonchev–Trinajstić information content (AvgIpc) is 2.34. The molecule has 0 radical (unpaired) electrons. The van der Waals surface area contributed by atoms with Gasteiger partial charge in [-0.2, -0.15) is 0 Å². The molecule has 0 saturated heterocycles. The second-order valence-corrected chi connectivity index (χ2v) is 4.50. The van der Waals surface area contributed by atoms with Crippen molar-refractivity contribution in [1.29, 1.82) is 0 Å². The SMILES string of the molecule is CCc1cccc(Nc2cc(C)ccc2C)c1. The molecule has 0 aliphatic heterocycles. The van der Waals surface area contributed by atoms with Crippen LogP contribution in [0.5, 0.6) is 0 Å². The molecule has 0 fully saturated rings. The molecule has 88 valence electrons. The molecule has 1 heteroatoms. The van der Waals surface area contributed by atoms with E-state index in [0.717, 1.165) is 12.1 Å². The highest BCUT2D eigenvalue weighted by atomic mass is 14.9. The van der Waals surface area contributed by atoms with Gasteiger partial charge in [-0.25, -0.2) is 0 Å². The van der Waals surface area contributed by atoms with Crippen molar-refractivity contribution in [3.05, 3.63) is 59.2 Å². The molecule has 1 N–H and O–H groups in total. The molecular formula is C16H19N. The summed E-state index contributed by atoms with van der Waals surface area (Å²) < 4.78 is 0. The maximum Gasteiger partial charge on any atom is 0.0416 e. The molecular weight excluding hydrogens is 206 g/mol. The summed E-state index contributed by atoms with van der Waals surface area (Å²) in [6.07, 6.45) is 1.07. The molecule has 0 amide bonds. The molecule has 1 nitrogen and oxygen atoms in total. The van der Waals surface area contributed by atoms with Crippen molar-refractivity contribution in [2.45, 2.75) is 27.2 Å². The summed E-state index contributed by atoms with van der Waals surface area (Å²) in [5.74, 6) is 0. The van der Waals surface area contributed by atoms with E-state index in [4.69, 9.17) is 0 Å². The summed E-state index contributed by atoms with van der Waals surface area (Å²) in [5.41, 5.74) is 6.28. The van der Waals surface area contributed by atoms with Gasteiger partial charge in [-0.1, -0.05) is 31.2 Å². The molecule has 0 atom stereocenters. The van der Waals surface area contributed by atoms with Crippen LogP contribution in [0.2, 0.25) is 0 Å². The van der Waals surface area contributed by atoms with E-state index in [2.05, 4.69) is 68.6 Å². The van der Waals surface area contributed by atoms with Crippen molar-refractivity contribution >= 4 is 11.4 Å². The van der Waals surface area contributed by atoms with Gasteiger partial charge in [-0.05, 0) is 55.2 Å². The topological polar surface area (TPSA) is 12.0 Å². The Morgan fingerprint density at radius 1 is 1.00 bits per heavy atom. The van der Waals surface area contributed by atoms with Crippen LogP contribution in [0.3, 0.4) is 0 Å². The molecule has 0 saturated carbocycles. The summed E-state index contributed by atoms with van der Waals surface area (Å²) in [5, 5.41) is 3.49. The third-order valence-corrected chi connectivity index (χ3v) is 3.01. The zero-order chi connectivity index (χ0) is 12.3. The molecule has 0 spiro atoms. The van der Waals surface area contributed by atoms with Crippen LogP contribution in [0, 0.1) is 13.8 Å². The number of aryl methyl sites for hydroxylation is 3. The van der Waals surface area contributed by atoms with E-state index >= 15 is 0 Å². The van der Waals surface area contributed by atoms with Crippen molar-refractivity contribution in [1.82, 2.24) is 0 Å². The summed E-state index contributed by atoms with van der Waals surface area (Å²) >= 11 is 0. The van der Waals surface area contributed by atoms with Gasteiger partial charge in [0.15, 0.2) is 0 Å². The van der Waals surface area contributed by atoms with Crippen LogP contribution in [0.1, 0.15) is 23.6 Å². The van der Waals surface area contributed by atoms with Gasteiger partial charge < -0.3 is 5.32 Å². The highest BCUT2D eigenvalue weighted by Crippen LogP contribution is 2.22. The lowest BCUT2D eigenvalue weighted by Gasteiger charge is -2.11. The van der Waals surface area contributed by atoms with Crippen molar-refractivity contribution < 1.29 is 0 Å². The van der Waals surface area contributed by atoms with Crippen molar-refractivity contribution in [3.8, 4) is 0 Å². The van der Waals surface area contributed by atoms with E-state index in [9.17, 15) is 0 Å². The lowest BCUT2D eigenvalue weighted by Crippen LogP contribution is -1.94. The van der Waals surface area contributed by atoms with Gasteiger partial charge in [-0.3, -0.25) is 0 Å². The first-order chi connectivity index (χ1) is 8.19. The van der Waals surface area contributed by atoms with Gasteiger partial charge in [0.1, 0.15) is 0 Å². The fraction of sp³-hybridized carbons (Fsp3) is 0.250. The average molecular weight is 225 g/mol. The number of hydrogen-bond acceptors (Lipinski definition) is 1. The molecule has 0 aliphatic rings. The van der Waals surface area contributed by atoms with Crippen LogP contribution >= 0.6 is 0 Å². The van der Waals surface area contributed by atoms with E-state index in [1.165, 1.54) is 22.4 Å². The lowest BCUT2D eigenvalue weighted by atomic mass is 10.1. The number of benzene rings is 2. The third kappa shape index (κ3) is 2.88. The van der Waals surface area contributed by atoms with Crippen LogP contribution < -0.4 is 5.32 Å². The third-order valence-electron chi connectivity index (χ3n) is 3.01. The molecule has 0 heterocycles. The highest BCUT2D eigenvalue weighted by Gasteiger charge is 2.00. The first kappa shape index (κ1) is 11.7. The molecule has 0 aromatic heterocycles. The maximum atomic E-state index is 3.49. The largest absolute Gasteiger partial charge is 0.355 e. The molecule has 2 aromatic rings. The predicted octanol–water partition coefficient (Wildman–Crippen LogP) is 4.61.